The number of carbonyl (C=O) groups is 2. The van der Waals surface area contributed by atoms with Crippen LogP contribution in [0, 0.1) is 5.92 Å². The molecular formula is C14H22N4O4S. The predicted molar refractivity (Wildman–Crippen MR) is 84.1 cm³/mol. The number of amides is 2. The van der Waals surface area contributed by atoms with E-state index in [4.69, 9.17) is 5.73 Å². The fraction of sp³-hybridized carbons (Fsp3) is 0.571. The van der Waals surface area contributed by atoms with Gasteiger partial charge in [0.1, 0.15) is 10.6 Å². The lowest BCUT2D eigenvalue weighted by molar-refractivity contribution is -0.119. The maximum atomic E-state index is 12.6. The van der Waals surface area contributed by atoms with Crippen molar-refractivity contribution in [1.29, 1.82) is 0 Å². The number of rotatable bonds is 5. The van der Waals surface area contributed by atoms with Crippen molar-refractivity contribution in [3.05, 3.63) is 18.0 Å². The van der Waals surface area contributed by atoms with Crippen molar-refractivity contribution < 1.29 is 18.0 Å². The summed E-state index contributed by atoms with van der Waals surface area (Å²) in [6, 6.07) is 1.38. The number of primary amides is 1. The SMILES string of the molecule is CNS(=O)(=O)c1cc(C(=O)N2CCC(CC(N)=O)CC2)n(C)c1. The van der Waals surface area contributed by atoms with Crippen LogP contribution >= 0.6 is 0 Å². The number of nitrogens with two attached hydrogens (primary N) is 1. The van der Waals surface area contributed by atoms with Crippen LogP contribution in [-0.4, -0.2) is 49.8 Å². The summed E-state index contributed by atoms with van der Waals surface area (Å²) in [5.74, 6) is -0.313. The highest BCUT2D eigenvalue weighted by molar-refractivity contribution is 7.89. The van der Waals surface area contributed by atoms with Crippen LogP contribution in [0.15, 0.2) is 17.2 Å². The number of likely N-dealkylation sites (tertiary alicyclic amines) is 1. The number of hydrogen-bond acceptors (Lipinski definition) is 4. The van der Waals surface area contributed by atoms with Crippen LogP contribution in [-0.2, 0) is 21.9 Å². The van der Waals surface area contributed by atoms with Gasteiger partial charge in [0, 0.05) is 32.8 Å². The van der Waals surface area contributed by atoms with Crippen molar-refractivity contribution >= 4 is 21.8 Å². The second-order valence-corrected chi connectivity index (χ2v) is 7.67. The summed E-state index contributed by atoms with van der Waals surface area (Å²) < 4.78 is 27.4. The zero-order valence-electron chi connectivity index (χ0n) is 13.3. The van der Waals surface area contributed by atoms with Crippen LogP contribution in [0.2, 0.25) is 0 Å². The molecule has 1 aliphatic heterocycles. The van der Waals surface area contributed by atoms with Gasteiger partial charge in [0.15, 0.2) is 0 Å². The third kappa shape index (κ3) is 3.91. The summed E-state index contributed by atoms with van der Waals surface area (Å²) >= 11 is 0. The van der Waals surface area contributed by atoms with E-state index in [0.717, 1.165) is 12.8 Å². The number of carbonyl (C=O) groups excluding carboxylic acids is 2. The Kier molecular flexibility index (Phi) is 5.10. The van der Waals surface area contributed by atoms with E-state index in [1.165, 1.54) is 23.9 Å². The average molecular weight is 342 g/mol. The number of nitrogens with one attached hydrogen (secondary N) is 1. The molecule has 0 aromatic carbocycles. The standard InChI is InChI=1S/C14H22N4O4S/c1-16-23(21,22)11-8-12(17(2)9-11)14(20)18-5-3-10(4-6-18)7-13(15)19/h8-10,16H,3-7H2,1-2H3,(H2,15,19). The summed E-state index contributed by atoms with van der Waals surface area (Å²) in [6.07, 6.45) is 3.21. The van der Waals surface area contributed by atoms with Crippen LogP contribution in [0.4, 0.5) is 0 Å². The Balaban J connectivity index is 2.09. The molecule has 0 spiro atoms. The van der Waals surface area contributed by atoms with E-state index in [-0.39, 0.29) is 22.6 Å². The van der Waals surface area contributed by atoms with E-state index < -0.39 is 10.0 Å². The Labute approximate surface area is 135 Å². The van der Waals surface area contributed by atoms with Gasteiger partial charge < -0.3 is 15.2 Å². The molecule has 0 radical (unpaired) electrons. The highest BCUT2D eigenvalue weighted by Gasteiger charge is 2.27. The van der Waals surface area contributed by atoms with Crippen molar-refractivity contribution in [2.45, 2.75) is 24.2 Å². The quantitative estimate of drug-likeness (QED) is 0.762. The first kappa shape index (κ1) is 17.5. The predicted octanol–water partition coefficient (Wildman–Crippen LogP) is -0.339. The number of aromatic nitrogens is 1. The van der Waals surface area contributed by atoms with Gasteiger partial charge in [-0.15, -0.1) is 0 Å². The van der Waals surface area contributed by atoms with E-state index >= 15 is 0 Å². The zero-order valence-corrected chi connectivity index (χ0v) is 14.1. The molecule has 1 aromatic heterocycles. The minimum atomic E-state index is -3.58. The normalized spacial score (nSPS) is 16.5. The Morgan fingerprint density at radius 2 is 1.96 bits per heavy atom. The second kappa shape index (κ2) is 6.71. The molecule has 1 saturated heterocycles. The molecule has 2 heterocycles. The number of aryl methyl sites for hydroxylation is 1. The zero-order chi connectivity index (χ0) is 17.2. The first-order valence-corrected chi connectivity index (χ1v) is 8.90. The largest absolute Gasteiger partial charge is 0.370 e. The summed E-state index contributed by atoms with van der Waals surface area (Å²) in [5, 5.41) is 0. The van der Waals surface area contributed by atoms with Crippen molar-refractivity contribution in [3.8, 4) is 0 Å². The molecule has 2 rings (SSSR count). The Hall–Kier alpha value is -1.87. The molecule has 0 unspecified atom stereocenters. The lowest BCUT2D eigenvalue weighted by Gasteiger charge is -2.31. The van der Waals surface area contributed by atoms with E-state index in [9.17, 15) is 18.0 Å². The molecule has 0 aliphatic carbocycles. The molecule has 0 atom stereocenters. The highest BCUT2D eigenvalue weighted by atomic mass is 32.2. The van der Waals surface area contributed by atoms with Crippen LogP contribution in [0.3, 0.4) is 0 Å². The molecule has 23 heavy (non-hydrogen) atoms. The third-order valence-electron chi connectivity index (χ3n) is 4.17. The molecular weight excluding hydrogens is 320 g/mol. The minimum Gasteiger partial charge on any atom is -0.370 e. The fourth-order valence-electron chi connectivity index (χ4n) is 2.80. The van der Waals surface area contributed by atoms with Gasteiger partial charge in [-0.2, -0.15) is 0 Å². The first-order chi connectivity index (χ1) is 10.7. The molecule has 2 amide bonds. The number of hydrogen-bond donors (Lipinski definition) is 2. The Morgan fingerprint density at radius 1 is 1.35 bits per heavy atom. The van der Waals surface area contributed by atoms with Gasteiger partial charge in [0.2, 0.25) is 15.9 Å². The highest BCUT2D eigenvalue weighted by Crippen LogP contribution is 2.22. The van der Waals surface area contributed by atoms with Crippen molar-refractivity contribution in [2.24, 2.45) is 18.7 Å². The van der Waals surface area contributed by atoms with Crippen LogP contribution < -0.4 is 10.5 Å². The summed E-state index contributed by atoms with van der Waals surface area (Å²) in [5.41, 5.74) is 5.53. The Bertz CT molecular complexity index is 702. The van der Waals surface area contributed by atoms with Crippen LogP contribution in [0.25, 0.3) is 0 Å². The van der Waals surface area contributed by atoms with E-state index in [1.54, 1.807) is 11.9 Å². The number of sulfonamides is 1. The molecule has 0 bridgehead atoms. The molecule has 1 aliphatic rings. The molecule has 3 N–H and O–H groups in total. The monoisotopic (exact) mass is 342 g/mol. The van der Waals surface area contributed by atoms with Gasteiger partial charge >= 0.3 is 0 Å². The fourth-order valence-corrected chi connectivity index (χ4v) is 3.60. The minimum absolute atomic E-state index is 0.0643. The smallest absolute Gasteiger partial charge is 0.270 e. The third-order valence-corrected chi connectivity index (χ3v) is 5.55. The summed E-state index contributed by atoms with van der Waals surface area (Å²) in [4.78, 5) is 25.3. The Morgan fingerprint density at radius 3 is 2.48 bits per heavy atom. The topological polar surface area (TPSA) is 114 Å². The van der Waals surface area contributed by atoms with E-state index in [1.807, 2.05) is 0 Å². The molecule has 1 fully saturated rings. The van der Waals surface area contributed by atoms with E-state index in [0.29, 0.717) is 25.2 Å². The second-order valence-electron chi connectivity index (χ2n) is 5.79. The van der Waals surface area contributed by atoms with Gasteiger partial charge in [0.25, 0.3) is 5.91 Å². The maximum absolute atomic E-state index is 12.6. The van der Waals surface area contributed by atoms with Gasteiger partial charge in [-0.05, 0) is 31.9 Å². The van der Waals surface area contributed by atoms with Crippen molar-refractivity contribution in [1.82, 2.24) is 14.2 Å². The average Bonchev–Trinajstić information content (AvgIpc) is 2.89. The molecule has 1 aromatic rings. The number of nitrogens with zero attached hydrogens (tertiary/aromatic N) is 2. The van der Waals surface area contributed by atoms with Crippen molar-refractivity contribution in [3.63, 3.8) is 0 Å². The van der Waals surface area contributed by atoms with Gasteiger partial charge in [-0.3, -0.25) is 9.59 Å². The van der Waals surface area contributed by atoms with Gasteiger partial charge in [0.05, 0.1) is 0 Å². The lowest BCUT2D eigenvalue weighted by atomic mass is 9.93. The molecule has 9 heteroatoms. The van der Waals surface area contributed by atoms with E-state index in [2.05, 4.69) is 4.72 Å². The molecule has 128 valence electrons. The van der Waals surface area contributed by atoms with Crippen LogP contribution in [0.1, 0.15) is 29.8 Å². The molecule has 8 nitrogen and oxygen atoms in total. The first-order valence-electron chi connectivity index (χ1n) is 7.42. The summed E-state index contributed by atoms with van der Waals surface area (Å²) in [7, 11) is -0.612. The van der Waals surface area contributed by atoms with Crippen LogP contribution in [0.5, 0.6) is 0 Å². The van der Waals surface area contributed by atoms with Crippen molar-refractivity contribution in [2.75, 3.05) is 20.1 Å². The lowest BCUT2D eigenvalue weighted by Crippen LogP contribution is -2.39. The van der Waals surface area contributed by atoms with Gasteiger partial charge in [-0.25, -0.2) is 13.1 Å². The maximum Gasteiger partial charge on any atom is 0.270 e. The molecule has 0 saturated carbocycles. The number of piperidine rings is 1. The summed E-state index contributed by atoms with van der Waals surface area (Å²) in [6.45, 7) is 1.08. The van der Waals surface area contributed by atoms with Gasteiger partial charge in [-0.1, -0.05) is 0 Å².